The lowest BCUT2D eigenvalue weighted by molar-refractivity contribution is 0.161. The van der Waals surface area contributed by atoms with Gasteiger partial charge in [0.15, 0.2) is 0 Å². The SMILES string of the molecule is COc1cc(C)c(CNO)c(C)c1C. The maximum Gasteiger partial charge on any atom is 0.122 e. The topological polar surface area (TPSA) is 41.5 Å². The molecular weight excluding hydrogens is 178 g/mol. The summed E-state index contributed by atoms with van der Waals surface area (Å²) in [6.07, 6.45) is 0. The Kier molecular flexibility index (Phi) is 3.49. The molecule has 0 fully saturated rings. The maximum absolute atomic E-state index is 8.70. The van der Waals surface area contributed by atoms with E-state index in [1.165, 1.54) is 5.56 Å². The highest BCUT2D eigenvalue weighted by Gasteiger charge is 2.09. The number of aryl methyl sites for hydroxylation is 1. The number of hydrogen-bond acceptors (Lipinski definition) is 3. The minimum Gasteiger partial charge on any atom is -0.496 e. The Balaban J connectivity index is 3.26. The fourth-order valence-corrected chi connectivity index (χ4v) is 1.66. The summed E-state index contributed by atoms with van der Waals surface area (Å²) in [5.41, 5.74) is 6.75. The lowest BCUT2D eigenvalue weighted by Gasteiger charge is -2.15. The number of hydroxylamine groups is 1. The van der Waals surface area contributed by atoms with Crippen molar-refractivity contribution in [2.24, 2.45) is 0 Å². The lowest BCUT2D eigenvalue weighted by atomic mass is 9.97. The molecule has 0 aliphatic rings. The maximum atomic E-state index is 8.70. The first-order valence-electron chi connectivity index (χ1n) is 4.62. The summed E-state index contributed by atoms with van der Waals surface area (Å²) in [6.45, 7) is 6.55. The number of methoxy groups -OCH3 is 1. The van der Waals surface area contributed by atoms with Crippen molar-refractivity contribution in [3.05, 3.63) is 28.3 Å². The van der Waals surface area contributed by atoms with Gasteiger partial charge >= 0.3 is 0 Å². The normalized spacial score (nSPS) is 10.4. The first kappa shape index (κ1) is 11.0. The van der Waals surface area contributed by atoms with Crippen molar-refractivity contribution in [2.75, 3.05) is 7.11 Å². The molecule has 0 bridgehead atoms. The summed E-state index contributed by atoms with van der Waals surface area (Å²) in [5, 5.41) is 8.70. The second kappa shape index (κ2) is 4.44. The summed E-state index contributed by atoms with van der Waals surface area (Å²) >= 11 is 0. The molecule has 0 saturated heterocycles. The Bertz CT molecular complexity index is 335. The summed E-state index contributed by atoms with van der Waals surface area (Å²) < 4.78 is 5.26. The van der Waals surface area contributed by atoms with Crippen LogP contribution in [0, 0.1) is 20.8 Å². The van der Waals surface area contributed by atoms with E-state index in [1.807, 2.05) is 26.8 Å². The Morgan fingerprint density at radius 1 is 1.29 bits per heavy atom. The Morgan fingerprint density at radius 3 is 2.43 bits per heavy atom. The third kappa shape index (κ3) is 1.89. The molecule has 0 atom stereocenters. The van der Waals surface area contributed by atoms with Gasteiger partial charge in [-0.2, -0.15) is 0 Å². The fraction of sp³-hybridized carbons (Fsp3) is 0.455. The highest BCUT2D eigenvalue weighted by molar-refractivity contribution is 5.47. The van der Waals surface area contributed by atoms with Gasteiger partial charge in [-0.3, -0.25) is 0 Å². The quantitative estimate of drug-likeness (QED) is 0.726. The molecule has 0 radical (unpaired) electrons. The molecule has 1 rings (SSSR count). The van der Waals surface area contributed by atoms with E-state index in [9.17, 15) is 0 Å². The molecule has 3 heteroatoms. The van der Waals surface area contributed by atoms with Crippen LogP contribution in [0.1, 0.15) is 22.3 Å². The minimum atomic E-state index is 0.475. The molecule has 1 aromatic carbocycles. The van der Waals surface area contributed by atoms with E-state index in [-0.39, 0.29) is 0 Å². The van der Waals surface area contributed by atoms with E-state index in [1.54, 1.807) is 7.11 Å². The van der Waals surface area contributed by atoms with E-state index in [0.717, 1.165) is 22.4 Å². The molecule has 0 amide bonds. The van der Waals surface area contributed by atoms with Crippen molar-refractivity contribution in [2.45, 2.75) is 27.3 Å². The molecule has 3 nitrogen and oxygen atoms in total. The summed E-state index contributed by atoms with van der Waals surface area (Å²) in [5.74, 6) is 0.904. The van der Waals surface area contributed by atoms with Gasteiger partial charge < -0.3 is 9.94 Å². The van der Waals surface area contributed by atoms with Crippen LogP contribution in [0.25, 0.3) is 0 Å². The standard InChI is InChI=1S/C11H17NO2/c1-7-5-11(14-4)9(3)8(2)10(7)6-12-13/h5,12-13H,6H2,1-4H3. The van der Waals surface area contributed by atoms with Gasteiger partial charge in [0.25, 0.3) is 0 Å². The second-order valence-corrected chi connectivity index (χ2v) is 3.46. The van der Waals surface area contributed by atoms with E-state index in [0.29, 0.717) is 6.54 Å². The smallest absolute Gasteiger partial charge is 0.122 e. The zero-order valence-corrected chi connectivity index (χ0v) is 9.14. The van der Waals surface area contributed by atoms with E-state index in [4.69, 9.17) is 9.94 Å². The van der Waals surface area contributed by atoms with Gasteiger partial charge in [0.2, 0.25) is 0 Å². The van der Waals surface area contributed by atoms with E-state index < -0.39 is 0 Å². The van der Waals surface area contributed by atoms with Crippen molar-refractivity contribution in [1.29, 1.82) is 0 Å². The third-order valence-electron chi connectivity index (χ3n) is 2.68. The predicted molar refractivity (Wildman–Crippen MR) is 55.8 cm³/mol. The first-order valence-corrected chi connectivity index (χ1v) is 4.62. The zero-order chi connectivity index (χ0) is 10.7. The van der Waals surface area contributed by atoms with Crippen LogP contribution in [0.2, 0.25) is 0 Å². The van der Waals surface area contributed by atoms with Crippen molar-refractivity contribution >= 4 is 0 Å². The molecule has 0 spiro atoms. The number of nitrogens with one attached hydrogen (secondary N) is 1. The minimum absolute atomic E-state index is 0.475. The molecule has 14 heavy (non-hydrogen) atoms. The van der Waals surface area contributed by atoms with Crippen LogP contribution in [0.4, 0.5) is 0 Å². The molecule has 2 N–H and O–H groups in total. The average Bonchev–Trinajstić information content (AvgIpc) is 2.18. The third-order valence-corrected chi connectivity index (χ3v) is 2.68. The number of rotatable bonds is 3. The Morgan fingerprint density at radius 2 is 1.93 bits per heavy atom. The molecule has 0 unspecified atom stereocenters. The van der Waals surface area contributed by atoms with Crippen molar-refractivity contribution in [3.63, 3.8) is 0 Å². The number of hydrogen-bond donors (Lipinski definition) is 2. The molecule has 0 aromatic heterocycles. The average molecular weight is 195 g/mol. The molecule has 78 valence electrons. The van der Waals surface area contributed by atoms with Gasteiger partial charge in [-0.25, -0.2) is 5.48 Å². The van der Waals surface area contributed by atoms with Gasteiger partial charge in [0, 0.05) is 6.54 Å². The molecule has 1 aromatic rings. The second-order valence-electron chi connectivity index (χ2n) is 3.46. The Hall–Kier alpha value is -1.06. The van der Waals surface area contributed by atoms with Crippen LogP contribution >= 0.6 is 0 Å². The van der Waals surface area contributed by atoms with Crippen LogP contribution in [0.5, 0.6) is 5.75 Å². The monoisotopic (exact) mass is 195 g/mol. The molecule has 0 aliphatic carbocycles. The highest BCUT2D eigenvalue weighted by atomic mass is 16.5. The lowest BCUT2D eigenvalue weighted by Crippen LogP contribution is -2.10. The Labute approximate surface area is 84.7 Å². The van der Waals surface area contributed by atoms with Crippen LogP contribution in [-0.2, 0) is 6.54 Å². The van der Waals surface area contributed by atoms with Crippen molar-refractivity contribution in [3.8, 4) is 5.75 Å². The van der Waals surface area contributed by atoms with Gasteiger partial charge in [-0.05, 0) is 49.1 Å². The van der Waals surface area contributed by atoms with Crippen LogP contribution in [0.3, 0.4) is 0 Å². The summed E-state index contributed by atoms with van der Waals surface area (Å²) in [4.78, 5) is 0. The largest absolute Gasteiger partial charge is 0.496 e. The first-order chi connectivity index (χ1) is 6.61. The van der Waals surface area contributed by atoms with Crippen LogP contribution < -0.4 is 10.2 Å². The molecule has 0 heterocycles. The van der Waals surface area contributed by atoms with Crippen LogP contribution in [-0.4, -0.2) is 12.3 Å². The number of benzene rings is 1. The molecular formula is C11H17NO2. The zero-order valence-electron chi connectivity index (χ0n) is 9.14. The molecule has 0 saturated carbocycles. The van der Waals surface area contributed by atoms with Crippen LogP contribution in [0.15, 0.2) is 6.07 Å². The van der Waals surface area contributed by atoms with Gasteiger partial charge in [0.05, 0.1) is 7.11 Å². The van der Waals surface area contributed by atoms with Gasteiger partial charge in [0.1, 0.15) is 5.75 Å². The van der Waals surface area contributed by atoms with Gasteiger partial charge in [-0.1, -0.05) is 0 Å². The van der Waals surface area contributed by atoms with E-state index in [2.05, 4.69) is 5.48 Å². The summed E-state index contributed by atoms with van der Waals surface area (Å²) in [6, 6.07) is 2.00. The summed E-state index contributed by atoms with van der Waals surface area (Å²) in [7, 11) is 1.67. The van der Waals surface area contributed by atoms with Crippen molar-refractivity contribution in [1.82, 2.24) is 5.48 Å². The molecule has 0 aliphatic heterocycles. The number of ether oxygens (including phenoxy) is 1. The van der Waals surface area contributed by atoms with Crippen molar-refractivity contribution < 1.29 is 9.94 Å². The van der Waals surface area contributed by atoms with E-state index >= 15 is 0 Å². The fourth-order valence-electron chi connectivity index (χ4n) is 1.66. The highest BCUT2D eigenvalue weighted by Crippen LogP contribution is 2.27. The predicted octanol–water partition coefficient (Wildman–Crippen LogP) is 2.10. The van der Waals surface area contributed by atoms with Gasteiger partial charge in [-0.15, -0.1) is 0 Å².